The molecule has 0 atom stereocenters. The van der Waals surface area contributed by atoms with Gasteiger partial charge in [-0.1, -0.05) is 0 Å². The Kier molecular flexibility index (Phi) is 4.64. The lowest BCUT2D eigenvalue weighted by molar-refractivity contribution is -0.116. The Morgan fingerprint density at radius 1 is 1.33 bits per heavy atom. The number of nitrogens with one attached hydrogen (secondary N) is 1. The predicted octanol–water partition coefficient (Wildman–Crippen LogP) is 2.60. The summed E-state index contributed by atoms with van der Waals surface area (Å²) in [6.07, 6.45) is 1.40. The molecule has 2 aromatic rings. The van der Waals surface area contributed by atoms with Crippen LogP contribution in [0, 0.1) is 0 Å². The van der Waals surface area contributed by atoms with Crippen LogP contribution >= 0.6 is 15.9 Å². The summed E-state index contributed by atoms with van der Waals surface area (Å²) in [6.45, 7) is 0.0138. The molecule has 0 saturated carbocycles. The Morgan fingerprint density at radius 2 is 2.00 bits per heavy atom. The highest BCUT2D eigenvalue weighted by atomic mass is 79.9. The Bertz CT molecular complexity index is 664. The molecule has 0 spiro atoms. The second kappa shape index (κ2) is 6.45. The highest BCUT2D eigenvalue weighted by molar-refractivity contribution is 9.10. The lowest BCUT2D eigenvalue weighted by Crippen LogP contribution is -2.18. The fraction of sp³-hybridized carbons (Fsp3) is 0.143. The number of aromatic nitrogens is 1. The molecule has 0 aliphatic heterocycles. The third kappa shape index (κ3) is 3.85. The number of carbonyl (C=O) groups excluding carboxylic acids is 1. The SMILES string of the molecule is COc1ccc(NC(=O)Cn2cc(C(=O)O)cc2Br)cc1. The number of rotatable bonds is 5. The molecule has 110 valence electrons. The molecule has 0 unspecified atom stereocenters. The molecule has 1 aromatic heterocycles. The van der Waals surface area contributed by atoms with Gasteiger partial charge in [0.1, 0.15) is 12.3 Å². The Morgan fingerprint density at radius 3 is 2.52 bits per heavy atom. The van der Waals surface area contributed by atoms with Crippen molar-refractivity contribution in [3.8, 4) is 5.75 Å². The van der Waals surface area contributed by atoms with Gasteiger partial charge in [0.05, 0.1) is 17.3 Å². The molecule has 0 radical (unpaired) electrons. The lowest BCUT2D eigenvalue weighted by Gasteiger charge is -2.08. The Balaban J connectivity index is 2.02. The first-order chi connectivity index (χ1) is 9.99. The number of hydrogen-bond donors (Lipinski definition) is 2. The van der Waals surface area contributed by atoms with Crippen molar-refractivity contribution in [3.05, 3.63) is 46.7 Å². The first kappa shape index (κ1) is 15.1. The average molecular weight is 353 g/mol. The largest absolute Gasteiger partial charge is 0.497 e. The van der Waals surface area contributed by atoms with Crippen LogP contribution in [0.15, 0.2) is 41.1 Å². The van der Waals surface area contributed by atoms with Crippen LogP contribution in [0.4, 0.5) is 5.69 Å². The van der Waals surface area contributed by atoms with Gasteiger partial charge in [-0.15, -0.1) is 0 Å². The molecule has 7 heteroatoms. The summed E-state index contributed by atoms with van der Waals surface area (Å²) in [5.41, 5.74) is 0.765. The topological polar surface area (TPSA) is 80.6 Å². The zero-order valence-electron chi connectivity index (χ0n) is 11.2. The number of anilines is 1. The maximum Gasteiger partial charge on any atom is 0.337 e. The number of carbonyl (C=O) groups is 2. The van der Waals surface area contributed by atoms with Gasteiger partial charge in [-0.2, -0.15) is 0 Å². The summed E-state index contributed by atoms with van der Waals surface area (Å²) in [4.78, 5) is 22.8. The van der Waals surface area contributed by atoms with Crippen molar-refractivity contribution in [3.63, 3.8) is 0 Å². The zero-order valence-corrected chi connectivity index (χ0v) is 12.8. The summed E-state index contributed by atoms with van der Waals surface area (Å²) < 4.78 is 7.08. The lowest BCUT2D eigenvalue weighted by atomic mass is 10.3. The van der Waals surface area contributed by atoms with E-state index in [1.54, 1.807) is 31.4 Å². The quantitative estimate of drug-likeness (QED) is 0.866. The van der Waals surface area contributed by atoms with Crippen LogP contribution in [-0.2, 0) is 11.3 Å². The molecule has 1 heterocycles. The minimum atomic E-state index is -1.04. The maximum atomic E-state index is 11.9. The van der Waals surface area contributed by atoms with Gasteiger partial charge in [0.2, 0.25) is 5.91 Å². The van der Waals surface area contributed by atoms with Crippen LogP contribution in [0.5, 0.6) is 5.75 Å². The summed E-state index contributed by atoms with van der Waals surface area (Å²) in [5, 5.41) is 11.6. The predicted molar refractivity (Wildman–Crippen MR) is 80.7 cm³/mol. The first-order valence-electron chi connectivity index (χ1n) is 6.02. The summed E-state index contributed by atoms with van der Waals surface area (Å²) in [7, 11) is 1.57. The van der Waals surface area contributed by atoms with Crippen LogP contribution in [0.25, 0.3) is 0 Å². The van der Waals surface area contributed by atoms with E-state index in [9.17, 15) is 9.59 Å². The first-order valence-corrected chi connectivity index (χ1v) is 6.82. The van der Waals surface area contributed by atoms with Crippen LogP contribution in [-0.4, -0.2) is 28.7 Å². The molecule has 0 fully saturated rings. The monoisotopic (exact) mass is 352 g/mol. The van der Waals surface area contributed by atoms with Crippen molar-refractivity contribution in [1.82, 2.24) is 4.57 Å². The molecular weight excluding hydrogens is 340 g/mol. The molecule has 0 bridgehead atoms. The summed E-state index contributed by atoms with van der Waals surface area (Å²) in [6, 6.07) is 8.38. The molecule has 0 aliphatic carbocycles. The number of amides is 1. The number of benzene rings is 1. The van der Waals surface area contributed by atoms with E-state index in [2.05, 4.69) is 21.2 Å². The second-order valence-electron chi connectivity index (χ2n) is 4.26. The molecule has 1 amide bonds. The summed E-state index contributed by atoms with van der Waals surface area (Å²) in [5.74, 6) is -0.592. The fourth-order valence-corrected chi connectivity index (χ4v) is 2.22. The van der Waals surface area contributed by atoms with Gasteiger partial charge in [-0.25, -0.2) is 4.79 Å². The number of carboxylic acid groups (broad SMARTS) is 1. The van der Waals surface area contributed by atoms with Crippen molar-refractivity contribution in [1.29, 1.82) is 0 Å². The number of hydrogen-bond acceptors (Lipinski definition) is 3. The molecular formula is C14H13BrN2O4. The zero-order chi connectivity index (χ0) is 15.4. The Hall–Kier alpha value is -2.28. The molecule has 2 N–H and O–H groups in total. The van der Waals surface area contributed by atoms with Crippen LogP contribution < -0.4 is 10.1 Å². The average Bonchev–Trinajstić information content (AvgIpc) is 2.81. The Labute approximate surface area is 129 Å². The molecule has 6 nitrogen and oxygen atoms in total. The molecule has 0 aliphatic rings. The van der Waals surface area contributed by atoms with Crippen LogP contribution in [0.2, 0.25) is 0 Å². The second-order valence-corrected chi connectivity index (χ2v) is 5.07. The van der Waals surface area contributed by atoms with Gasteiger partial charge in [0.25, 0.3) is 0 Å². The number of carboxylic acids is 1. The number of methoxy groups -OCH3 is 1. The van der Waals surface area contributed by atoms with E-state index in [1.165, 1.54) is 16.8 Å². The third-order valence-corrected chi connectivity index (χ3v) is 3.46. The normalized spacial score (nSPS) is 10.2. The van der Waals surface area contributed by atoms with Crippen molar-refractivity contribution in [2.45, 2.75) is 6.54 Å². The van der Waals surface area contributed by atoms with Gasteiger partial charge in [-0.05, 0) is 46.3 Å². The van der Waals surface area contributed by atoms with E-state index in [0.29, 0.717) is 16.0 Å². The molecule has 1 aromatic carbocycles. The number of aromatic carboxylic acids is 1. The van der Waals surface area contributed by atoms with Crippen LogP contribution in [0.1, 0.15) is 10.4 Å². The summed E-state index contributed by atoms with van der Waals surface area (Å²) >= 11 is 3.22. The van der Waals surface area contributed by atoms with Gasteiger partial charge >= 0.3 is 5.97 Å². The van der Waals surface area contributed by atoms with E-state index in [1.807, 2.05) is 0 Å². The van der Waals surface area contributed by atoms with E-state index in [-0.39, 0.29) is 18.0 Å². The number of nitrogens with zero attached hydrogens (tertiary/aromatic N) is 1. The smallest absolute Gasteiger partial charge is 0.337 e. The standard InChI is InChI=1S/C14H13BrN2O4/c1-21-11-4-2-10(3-5-11)16-13(18)8-17-7-9(14(19)20)6-12(17)15/h2-7H,8H2,1H3,(H,16,18)(H,19,20). The van der Waals surface area contributed by atoms with E-state index < -0.39 is 5.97 Å². The van der Waals surface area contributed by atoms with Crippen LogP contribution in [0.3, 0.4) is 0 Å². The van der Waals surface area contributed by atoms with Gasteiger partial charge < -0.3 is 19.7 Å². The van der Waals surface area contributed by atoms with Crippen molar-refractivity contribution < 1.29 is 19.4 Å². The molecule has 21 heavy (non-hydrogen) atoms. The van der Waals surface area contributed by atoms with Gasteiger partial charge in [0, 0.05) is 11.9 Å². The molecule has 2 rings (SSSR count). The van der Waals surface area contributed by atoms with Crippen molar-refractivity contribution in [2.75, 3.05) is 12.4 Å². The van der Waals surface area contributed by atoms with Crippen molar-refractivity contribution >= 4 is 33.5 Å². The minimum absolute atomic E-state index is 0.0138. The highest BCUT2D eigenvalue weighted by Gasteiger charge is 2.12. The third-order valence-electron chi connectivity index (χ3n) is 2.78. The van der Waals surface area contributed by atoms with Gasteiger partial charge in [-0.3, -0.25) is 4.79 Å². The van der Waals surface area contributed by atoms with E-state index in [4.69, 9.17) is 9.84 Å². The van der Waals surface area contributed by atoms with E-state index in [0.717, 1.165) is 0 Å². The molecule has 0 saturated heterocycles. The number of halogens is 1. The minimum Gasteiger partial charge on any atom is -0.497 e. The maximum absolute atomic E-state index is 11.9. The van der Waals surface area contributed by atoms with Crippen molar-refractivity contribution in [2.24, 2.45) is 0 Å². The highest BCUT2D eigenvalue weighted by Crippen LogP contribution is 2.17. The van der Waals surface area contributed by atoms with E-state index >= 15 is 0 Å². The van der Waals surface area contributed by atoms with Gasteiger partial charge in [0.15, 0.2) is 0 Å². The fourth-order valence-electron chi connectivity index (χ4n) is 1.75. The number of ether oxygens (including phenoxy) is 1.